The largest absolute Gasteiger partial charge is 0.395 e. The van der Waals surface area contributed by atoms with Crippen LogP contribution in [-0.4, -0.2) is 37.3 Å². The van der Waals surface area contributed by atoms with Crippen LogP contribution in [0.25, 0.3) is 11.2 Å². The van der Waals surface area contributed by atoms with Crippen molar-refractivity contribution in [2.45, 2.75) is 44.2 Å². The number of nitrogens with zero attached hydrogens (tertiary/aromatic N) is 4. The van der Waals surface area contributed by atoms with Gasteiger partial charge < -0.3 is 20.7 Å². The minimum Gasteiger partial charge on any atom is -0.395 e. The molecule has 2 aromatic heterocycles. The Balaban J connectivity index is 1.51. The molecular weight excluding hydrogens is 304 g/mol. The highest BCUT2D eigenvalue weighted by molar-refractivity contribution is 5.84. The van der Waals surface area contributed by atoms with Gasteiger partial charge in [-0.25, -0.2) is 4.98 Å². The van der Waals surface area contributed by atoms with Crippen molar-refractivity contribution >= 4 is 22.9 Å². The zero-order chi connectivity index (χ0) is 16.3. The lowest BCUT2D eigenvalue weighted by molar-refractivity contribution is 0.137. The van der Waals surface area contributed by atoms with Crippen molar-refractivity contribution in [3.8, 4) is 0 Å². The summed E-state index contributed by atoms with van der Waals surface area (Å²) >= 11 is 0. The molecule has 7 heteroatoms. The van der Waals surface area contributed by atoms with Crippen LogP contribution in [0.4, 0.5) is 11.8 Å². The molecule has 2 aromatic rings. The molecule has 2 heterocycles. The molecule has 0 bridgehead atoms. The molecule has 0 radical (unpaired) electrons. The molecule has 0 spiro atoms. The first-order valence-corrected chi connectivity index (χ1v) is 8.75. The Bertz CT molecular complexity index is 822. The maximum atomic E-state index is 9.92. The molecule has 2 atom stereocenters. The maximum absolute atomic E-state index is 9.92. The number of rotatable bonds is 5. The summed E-state index contributed by atoms with van der Waals surface area (Å²) in [6.07, 6.45) is 11.9. The Morgan fingerprint density at radius 3 is 2.83 bits per heavy atom. The number of nitrogens with one attached hydrogen (secondary N) is 1. The third-order valence-electron chi connectivity index (χ3n) is 5.64. The van der Waals surface area contributed by atoms with Gasteiger partial charge in [-0.1, -0.05) is 12.2 Å². The van der Waals surface area contributed by atoms with Gasteiger partial charge in [0.25, 0.3) is 0 Å². The van der Waals surface area contributed by atoms with Crippen molar-refractivity contribution in [2.75, 3.05) is 17.7 Å². The molecule has 7 nitrogen and oxygen atoms in total. The van der Waals surface area contributed by atoms with E-state index < -0.39 is 0 Å². The first-order valence-electron chi connectivity index (χ1n) is 8.75. The molecule has 2 fully saturated rings. The molecule has 4 N–H and O–H groups in total. The van der Waals surface area contributed by atoms with E-state index in [4.69, 9.17) is 5.73 Å². The van der Waals surface area contributed by atoms with E-state index in [-0.39, 0.29) is 24.0 Å². The summed E-state index contributed by atoms with van der Waals surface area (Å²) < 4.78 is 2.07. The van der Waals surface area contributed by atoms with E-state index in [1.54, 1.807) is 0 Å². The number of imidazole rings is 1. The van der Waals surface area contributed by atoms with Crippen molar-refractivity contribution in [3.05, 3.63) is 18.5 Å². The van der Waals surface area contributed by atoms with Gasteiger partial charge in [0, 0.05) is 11.5 Å². The Labute approximate surface area is 140 Å². The average molecular weight is 326 g/mol. The lowest BCUT2D eigenvalue weighted by Gasteiger charge is -2.26. The molecule has 0 unspecified atom stereocenters. The van der Waals surface area contributed by atoms with Crippen LogP contribution in [0.3, 0.4) is 0 Å². The average Bonchev–Trinajstić information content (AvgIpc) is 3.49. The number of hydrogen-bond donors (Lipinski definition) is 3. The molecule has 3 aliphatic carbocycles. The van der Waals surface area contributed by atoms with Crippen molar-refractivity contribution in [1.82, 2.24) is 19.5 Å². The summed E-state index contributed by atoms with van der Waals surface area (Å²) in [6, 6.07) is 0.641. The molecule has 3 aliphatic rings. The van der Waals surface area contributed by atoms with Crippen LogP contribution < -0.4 is 11.1 Å². The summed E-state index contributed by atoms with van der Waals surface area (Å²) in [7, 11) is 0. The molecular formula is C17H22N6O. The molecule has 126 valence electrons. The Kier molecular flexibility index (Phi) is 2.92. The second-order valence-electron chi connectivity index (χ2n) is 7.47. The normalized spacial score (nSPS) is 29.5. The Morgan fingerprint density at radius 1 is 1.29 bits per heavy atom. The predicted molar refractivity (Wildman–Crippen MR) is 91.4 cm³/mol. The van der Waals surface area contributed by atoms with E-state index in [0.717, 1.165) is 36.2 Å². The zero-order valence-electron chi connectivity index (χ0n) is 13.5. The van der Waals surface area contributed by atoms with Gasteiger partial charge in [0.1, 0.15) is 0 Å². The number of fused-ring (bicyclic) bond motifs is 1. The van der Waals surface area contributed by atoms with Gasteiger partial charge in [-0.2, -0.15) is 9.97 Å². The van der Waals surface area contributed by atoms with E-state index in [0.29, 0.717) is 12.0 Å². The molecule has 0 aromatic carbocycles. The lowest BCUT2D eigenvalue weighted by Crippen LogP contribution is -2.25. The molecule has 0 saturated heterocycles. The fourth-order valence-electron chi connectivity index (χ4n) is 3.92. The van der Waals surface area contributed by atoms with Crippen molar-refractivity contribution in [2.24, 2.45) is 11.3 Å². The lowest BCUT2D eigenvalue weighted by atomic mass is 9.82. The van der Waals surface area contributed by atoms with E-state index in [1.165, 1.54) is 12.8 Å². The van der Waals surface area contributed by atoms with Crippen LogP contribution >= 0.6 is 0 Å². The SMILES string of the molecule is Nc1nc(NC2CC2)c2ncn([C@H]3C=C[C@](CO)(C4CC4)C3)c2n1. The smallest absolute Gasteiger partial charge is 0.224 e. The van der Waals surface area contributed by atoms with Gasteiger partial charge in [0.15, 0.2) is 17.0 Å². The number of anilines is 2. The van der Waals surface area contributed by atoms with Gasteiger partial charge >= 0.3 is 0 Å². The topological polar surface area (TPSA) is 102 Å². The number of allylic oxidation sites excluding steroid dienone is 1. The monoisotopic (exact) mass is 326 g/mol. The highest BCUT2D eigenvalue weighted by Crippen LogP contribution is 2.54. The van der Waals surface area contributed by atoms with Gasteiger partial charge in [-0.15, -0.1) is 0 Å². The minimum absolute atomic E-state index is 0.0745. The van der Waals surface area contributed by atoms with Crippen LogP contribution in [0.5, 0.6) is 0 Å². The Hall–Kier alpha value is -2.15. The predicted octanol–water partition coefficient (Wildman–Crippen LogP) is 1.87. The maximum Gasteiger partial charge on any atom is 0.224 e. The molecule has 2 saturated carbocycles. The highest BCUT2D eigenvalue weighted by atomic mass is 16.3. The molecule has 24 heavy (non-hydrogen) atoms. The van der Waals surface area contributed by atoms with Crippen LogP contribution in [0.2, 0.25) is 0 Å². The number of aliphatic hydroxyl groups is 1. The van der Waals surface area contributed by atoms with Crippen LogP contribution in [0.15, 0.2) is 18.5 Å². The molecule has 0 aliphatic heterocycles. The number of hydrogen-bond acceptors (Lipinski definition) is 6. The first-order chi connectivity index (χ1) is 11.7. The van der Waals surface area contributed by atoms with E-state index >= 15 is 0 Å². The van der Waals surface area contributed by atoms with E-state index in [1.807, 2.05) is 6.33 Å². The fraction of sp³-hybridized carbons (Fsp3) is 0.588. The van der Waals surface area contributed by atoms with Crippen molar-refractivity contribution < 1.29 is 5.11 Å². The van der Waals surface area contributed by atoms with E-state index in [9.17, 15) is 5.11 Å². The van der Waals surface area contributed by atoms with Crippen molar-refractivity contribution in [3.63, 3.8) is 0 Å². The van der Waals surface area contributed by atoms with Crippen molar-refractivity contribution in [1.29, 1.82) is 0 Å². The standard InChI is InChI=1S/C17H22N6O/c18-16-21-14(20-11-3-4-11)13-15(22-16)23(9-19-13)12-5-6-17(7-12,8-24)10-1-2-10/h5-6,9-12,24H,1-4,7-8H2,(H3,18,20,21,22)/t12-,17-/m0/s1. The second kappa shape index (κ2) is 4.92. The van der Waals surface area contributed by atoms with Gasteiger partial charge in [-0.05, 0) is 38.0 Å². The quantitative estimate of drug-likeness (QED) is 0.725. The van der Waals surface area contributed by atoms with Crippen LogP contribution in [-0.2, 0) is 0 Å². The summed E-state index contributed by atoms with van der Waals surface area (Å²) in [5.41, 5.74) is 7.39. The first kappa shape index (κ1) is 14.2. The van der Waals surface area contributed by atoms with E-state index in [2.05, 4.69) is 37.0 Å². The number of nitrogen functional groups attached to an aromatic ring is 1. The van der Waals surface area contributed by atoms with Crippen LogP contribution in [0.1, 0.15) is 38.1 Å². The third kappa shape index (κ3) is 2.18. The van der Waals surface area contributed by atoms with Gasteiger partial charge in [-0.3, -0.25) is 0 Å². The highest BCUT2D eigenvalue weighted by Gasteiger charge is 2.47. The zero-order valence-corrected chi connectivity index (χ0v) is 13.5. The molecule has 0 amide bonds. The number of aromatic nitrogens is 4. The summed E-state index contributed by atoms with van der Waals surface area (Å²) in [6.45, 7) is 0.211. The fourth-order valence-corrected chi connectivity index (χ4v) is 3.92. The van der Waals surface area contributed by atoms with Crippen LogP contribution in [0, 0.1) is 11.3 Å². The summed E-state index contributed by atoms with van der Waals surface area (Å²) in [5, 5.41) is 13.3. The van der Waals surface area contributed by atoms with Gasteiger partial charge in [0.05, 0.1) is 19.0 Å². The third-order valence-corrected chi connectivity index (χ3v) is 5.64. The Morgan fingerprint density at radius 2 is 2.12 bits per heavy atom. The number of aliphatic hydroxyl groups excluding tert-OH is 1. The second-order valence-corrected chi connectivity index (χ2v) is 7.47. The molecule has 5 rings (SSSR count). The summed E-state index contributed by atoms with van der Waals surface area (Å²) in [4.78, 5) is 13.3. The number of nitrogens with two attached hydrogens (primary N) is 1. The summed E-state index contributed by atoms with van der Waals surface area (Å²) in [5.74, 6) is 1.62. The minimum atomic E-state index is -0.0745. The van der Waals surface area contributed by atoms with Gasteiger partial charge in [0.2, 0.25) is 5.95 Å².